The quantitative estimate of drug-likeness (QED) is 0.504. The van der Waals surface area contributed by atoms with Gasteiger partial charge in [-0.15, -0.1) is 0 Å². The van der Waals surface area contributed by atoms with Gasteiger partial charge in [0.15, 0.2) is 17.3 Å². The van der Waals surface area contributed by atoms with Crippen molar-refractivity contribution in [1.82, 2.24) is 0 Å². The molecule has 0 radical (unpaired) electrons. The lowest BCUT2D eigenvalue weighted by Crippen LogP contribution is -1.99. The van der Waals surface area contributed by atoms with Crippen LogP contribution in [0, 0.1) is 0 Å². The first-order valence-electron chi connectivity index (χ1n) is 6.51. The number of hydrogen-bond donors (Lipinski definition) is 2. The van der Waals surface area contributed by atoms with E-state index in [1.807, 2.05) is 0 Å². The molecule has 0 fully saturated rings. The van der Waals surface area contributed by atoms with E-state index in [4.69, 9.17) is 9.47 Å². The first-order chi connectivity index (χ1) is 10.5. The van der Waals surface area contributed by atoms with Crippen molar-refractivity contribution in [3.8, 4) is 23.0 Å². The predicted molar refractivity (Wildman–Crippen MR) is 82.7 cm³/mol. The van der Waals surface area contributed by atoms with Crippen LogP contribution in [0.15, 0.2) is 42.5 Å². The Labute approximate surface area is 128 Å². The van der Waals surface area contributed by atoms with E-state index in [0.29, 0.717) is 22.6 Å². The molecule has 0 unspecified atom stereocenters. The summed E-state index contributed by atoms with van der Waals surface area (Å²) in [6.45, 7) is 0. The molecule has 2 aromatic carbocycles. The predicted octanol–water partition coefficient (Wildman–Crippen LogP) is 3.01. The van der Waals surface area contributed by atoms with Gasteiger partial charge in [0.2, 0.25) is 0 Å². The third-order valence-corrected chi connectivity index (χ3v) is 3.10. The Hall–Kier alpha value is -2.95. The summed E-state index contributed by atoms with van der Waals surface area (Å²) in [5, 5.41) is 18.7. The average molecular weight is 300 g/mol. The number of ketones is 1. The molecule has 0 bridgehead atoms. The summed E-state index contributed by atoms with van der Waals surface area (Å²) in [5.74, 6) is 0.326. The van der Waals surface area contributed by atoms with Crippen LogP contribution in [0.1, 0.15) is 15.9 Å². The molecule has 0 atom stereocenters. The van der Waals surface area contributed by atoms with E-state index < -0.39 is 0 Å². The SMILES string of the molecule is COc1ccc(C(=O)/C=C/c2ccc(O)c(O)c2)c(OC)c1. The molecule has 2 aromatic rings. The minimum atomic E-state index is -0.243. The minimum absolute atomic E-state index is 0.208. The molecule has 22 heavy (non-hydrogen) atoms. The van der Waals surface area contributed by atoms with Crippen molar-refractivity contribution in [3.05, 3.63) is 53.6 Å². The van der Waals surface area contributed by atoms with Gasteiger partial charge in [-0.2, -0.15) is 0 Å². The first-order valence-corrected chi connectivity index (χ1v) is 6.51. The molecule has 0 aromatic heterocycles. The van der Waals surface area contributed by atoms with Crippen LogP contribution in [0.25, 0.3) is 6.08 Å². The number of methoxy groups -OCH3 is 2. The summed E-state index contributed by atoms with van der Waals surface area (Å²) in [6, 6.07) is 9.24. The molecule has 5 nitrogen and oxygen atoms in total. The van der Waals surface area contributed by atoms with E-state index in [9.17, 15) is 15.0 Å². The zero-order chi connectivity index (χ0) is 16.1. The third-order valence-electron chi connectivity index (χ3n) is 3.10. The van der Waals surface area contributed by atoms with Gasteiger partial charge in [-0.05, 0) is 35.9 Å². The van der Waals surface area contributed by atoms with Gasteiger partial charge in [-0.25, -0.2) is 0 Å². The Morgan fingerprint density at radius 2 is 1.77 bits per heavy atom. The lowest BCUT2D eigenvalue weighted by Gasteiger charge is -2.07. The molecule has 0 saturated heterocycles. The normalized spacial score (nSPS) is 10.6. The highest BCUT2D eigenvalue weighted by Crippen LogP contribution is 2.27. The van der Waals surface area contributed by atoms with E-state index >= 15 is 0 Å². The fraction of sp³-hybridized carbons (Fsp3) is 0.118. The maximum absolute atomic E-state index is 12.2. The number of rotatable bonds is 5. The molecule has 0 saturated carbocycles. The molecule has 5 heteroatoms. The lowest BCUT2D eigenvalue weighted by atomic mass is 10.1. The molecule has 0 aliphatic heterocycles. The Balaban J connectivity index is 2.24. The molecule has 0 aliphatic rings. The number of aromatic hydroxyl groups is 2. The summed E-state index contributed by atoms with van der Waals surface area (Å²) >= 11 is 0. The number of allylic oxidation sites excluding steroid dienone is 1. The van der Waals surface area contributed by atoms with Gasteiger partial charge in [0.25, 0.3) is 0 Å². The van der Waals surface area contributed by atoms with Gasteiger partial charge < -0.3 is 19.7 Å². The van der Waals surface area contributed by atoms with E-state index in [0.717, 1.165) is 0 Å². The second-order valence-electron chi connectivity index (χ2n) is 4.51. The second kappa shape index (κ2) is 6.67. The van der Waals surface area contributed by atoms with Crippen molar-refractivity contribution in [2.75, 3.05) is 14.2 Å². The molecule has 2 rings (SSSR count). The number of carbonyl (C=O) groups is 1. The van der Waals surface area contributed by atoms with Crippen molar-refractivity contribution < 1.29 is 24.5 Å². The monoisotopic (exact) mass is 300 g/mol. The first kappa shape index (κ1) is 15.4. The maximum atomic E-state index is 12.2. The summed E-state index contributed by atoms with van der Waals surface area (Å²) in [7, 11) is 3.01. The fourth-order valence-corrected chi connectivity index (χ4v) is 1.91. The van der Waals surface area contributed by atoms with Crippen molar-refractivity contribution in [2.24, 2.45) is 0 Å². The number of phenols is 2. The zero-order valence-corrected chi connectivity index (χ0v) is 12.2. The molecule has 2 N–H and O–H groups in total. The number of phenolic OH excluding ortho intramolecular Hbond substituents is 2. The Kier molecular flexibility index (Phi) is 4.68. The summed E-state index contributed by atoms with van der Waals surface area (Å²) in [4.78, 5) is 12.2. The molecule has 0 aliphatic carbocycles. The maximum Gasteiger partial charge on any atom is 0.189 e. The number of hydrogen-bond acceptors (Lipinski definition) is 5. The number of carbonyl (C=O) groups excluding carboxylic acids is 1. The zero-order valence-electron chi connectivity index (χ0n) is 12.2. The average Bonchev–Trinajstić information content (AvgIpc) is 2.54. The van der Waals surface area contributed by atoms with Gasteiger partial charge in [-0.1, -0.05) is 12.1 Å². The highest BCUT2D eigenvalue weighted by atomic mass is 16.5. The topological polar surface area (TPSA) is 76.0 Å². The van der Waals surface area contributed by atoms with Gasteiger partial charge in [-0.3, -0.25) is 4.79 Å². The van der Waals surface area contributed by atoms with Crippen LogP contribution in [0.5, 0.6) is 23.0 Å². The molecular formula is C17H16O5. The van der Waals surface area contributed by atoms with Crippen LogP contribution >= 0.6 is 0 Å². The molecule has 0 spiro atoms. The Morgan fingerprint density at radius 3 is 2.41 bits per heavy atom. The van der Waals surface area contributed by atoms with Gasteiger partial charge in [0.05, 0.1) is 19.8 Å². The fourth-order valence-electron chi connectivity index (χ4n) is 1.91. The minimum Gasteiger partial charge on any atom is -0.504 e. The van der Waals surface area contributed by atoms with E-state index in [1.54, 1.807) is 30.3 Å². The number of ether oxygens (including phenoxy) is 2. The second-order valence-corrected chi connectivity index (χ2v) is 4.51. The highest BCUT2D eigenvalue weighted by Gasteiger charge is 2.10. The molecule has 0 amide bonds. The van der Waals surface area contributed by atoms with Gasteiger partial charge in [0, 0.05) is 6.07 Å². The summed E-state index contributed by atoms with van der Waals surface area (Å²) in [6.07, 6.45) is 2.92. The lowest BCUT2D eigenvalue weighted by molar-refractivity contribution is 0.104. The molecule has 114 valence electrons. The van der Waals surface area contributed by atoms with Crippen molar-refractivity contribution >= 4 is 11.9 Å². The van der Waals surface area contributed by atoms with Crippen LogP contribution in [-0.4, -0.2) is 30.2 Å². The van der Waals surface area contributed by atoms with E-state index in [2.05, 4.69) is 0 Å². The van der Waals surface area contributed by atoms with Crippen LogP contribution in [0.3, 0.4) is 0 Å². The van der Waals surface area contributed by atoms with E-state index in [-0.39, 0.29) is 17.3 Å². The summed E-state index contributed by atoms with van der Waals surface area (Å²) in [5.41, 5.74) is 0.999. The van der Waals surface area contributed by atoms with Crippen LogP contribution < -0.4 is 9.47 Å². The van der Waals surface area contributed by atoms with Crippen molar-refractivity contribution in [2.45, 2.75) is 0 Å². The third kappa shape index (κ3) is 3.38. The smallest absolute Gasteiger partial charge is 0.189 e. The Morgan fingerprint density at radius 1 is 1.00 bits per heavy atom. The molecular weight excluding hydrogens is 284 g/mol. The van der Waals surface area contributed by atoms with Crippen LogP contribution in [-0.2, 0) is 0 Å². The van der Waals surface area contributed by atoms with Crippen LogP contribution in [0.2, 0.25) is 0 Å². The number of benzene rings is 2. The van der Waals surface area contributed by atoms with Crippen LogP contribution in [0.4, 0.5) is 0 Å². The standard InChI is InChI=1S/C17H16O5/c1-21-12-5-6-13(17(10-12)22-2)14(18)7-3-11-4-8-15(19)16(20)9-11/h3-10,19-20H,1-2H3/b7-3+. The molecule has 0 heterocycles. The van der Waals surface area contributed by atoms with Gasteiger partial charge in [0.1, 0.15) is 11.5 Å². The van der Waals surface area contributed by atoms with Gasteiger partial charge >= 0.3 is 0 Å². The largest absolute Gasteiger partial charge is 0.504 e. The van der Waals surface area contributed by atoms with E-state index in [1.165, 1.54) is 32.4 Å². The summed E-state index contributed by atoms with van der Waals surface area (Å²) < 4.78 is 10.3. The Bertz CT molecular complexity index is 719. The van der Waals surface area contributed by atoms with Crippen molar-refractivity contribution in [1.29, 1.82) is 0 Å². The van der Waals surface area contributed by atoms with Crippen molar-refractivity contribution in [3.63, 3.8) is 0 Å². The highest BCUT2D eigenvalue weighted by molar-refractivity contribution is 6.08.